The van der Waals surface area contributed by atoms with Crippen LogP contribution >= 0.6 is 11.3 Å². The van der Waals surface area contributed by atoms with Gasteiger partial charge in [0.25, 0.3) is 0 Å². The van der Waals surface area contributed by atoms with E-state index in [0.29, 0.717) is 6.54 Å². The summed E-state index contributed by atoms with van der Waals surface area (Å²) in [6.07, 6.45) is 7.60. The third kappa shape index (κ3) is 3.98. The van der Waals surface area contributed by atoms with E-state index in [1.165, 1.54) is 21.6 Å². The van der Waals surface area contributed by atoms with Crippen molar-refractivity contribution in [2.75, 3.05) is 29.4 Å². The molecule has 0 atom stereocenters. The van der Waals surface area contributed by atoms with Gasteiger partial charge < -0.3 is 10.2 Å². The normalized spacial score (nSPS) is 15.6. The molecule has 1 N–H and O–H groups in total. The molecule has 33 heavy (non-hydrogen) atoms. The third-order valence-corrected chi connectivity index (χ3v) is 7.32. The molecule has 2 amide bonds. The minimum absolute atomic E-state index is 0.00941. The Bertz CT molecular complexity index is 1280. The van der Waals surface area contributed by atoms with Crippen LogP contribution in [0.4, 0.5) is 15.6 Å². The molecule has 0 saturated carbocycles. The van der Waals surface area contributed by atoms with Gasteiger partial charge in [-0.05, 0) is 53.4 Å². The Morgan fingerprint density at radius 1 is 1.03 bits per heavy atom. The topological polar surface area (TPSA) is 66.3 Å². The van der Waals surface area contributed by atoms with Crippen LogP contribution in [0.3, 0.4) is 0 Å². The number of fused-ring (bicyclic) bond motifs is 1. The van der Waals surface area contributed by atoms with Gasteiger partial charge in [-0.15, -0.1) is 11.3 Å². The molecule has 8 heteroatoms. The van der Waals surface area contributed by atoms with Gasteiger partial charge in [-0.3, -0.25) is 4.90 Å². The molecule has 7 nitrogen and oxygen atoms in total. The fraction of sp³-hybridized carbons (Fsp3) is 0.240. The lowest BCUT2D eigenvalue weighted by molar-refractivity contribution is 0.252. The minimum atomic E-state index is -0.00941. The fourth-order valence-electron chi connectivity index (χ4n) is 4.51. The van der Waals surface area contributed by atoms with Crippen molar-refractivity contribution in [3.8, 4) is 5.69 Å². The van der Waals surface area contributed by atoms with Gasteiger partial charge in [-0.1, -0.05) is 18.2 Å². The van der Waals surface area contributed by atoms with Gasteiger partial charge in [-0.2, -0.15) is 5.10 Å². The van der Waals surface area contributed by atoms with Crippen molar-refractivity contribution >= 4 is 28.2 Å². The molecular weight excluding hydrogens is 432 g/mol. The van der Waals surface area contributed by atoms with Crippen molar-refractivity contribution in [1.29, 1.82) is 0 Å². The molecule has 0 aliphatic carbocycles. The maximum Gasteiger partial charge on any atom is 0.321 e. The van der Waals surface area contributed by atoms with E-state index >= 15 is 0 Å². The fourth-order valence-corrected chi connectivity index (χ4v) is 5.48. The van der Waals surface area contributed by atoms with Crippen LogP contribution in [0, 0.1) is 0 Å². The molecule has 0 spiro atoms. The molecule has 1 saturated heterocycles. The Morgan fingerprint density at radius 3 is 2.70 bits per heavy atom. The minimum Gasteiger partial charge on any atom is -0.343 e. The van der Waals surface area contributed by atoms with Gasteiger partial charge in [0.1, 0.15) is 0 Å². The Morgan fingerprint density at radius 2 is 1.91 bits per heavy atom. The Hall–Kier alpha value is -3.65. The second kappa shape index (κ2) is 8.37. The maximum atomic E-state index is 12.1. The second-order valence-electron chi connectivity index (χ2n) is 8.41. The summed E-state index contributed by atoms with van der Waals surface area (Å²) >= 11 is 1.76. The monoisotopic (exact) mass is 456 g/mol. The Kier molecular flexibility index (Phi) is 5.07. The van der Waals surface area contributed by atoms with Gasteiger partial charge in [0.2, 0.25) is 0 Å². The van der Waals surface area contributed by atoms with Crippen LogP contribution in [-0.4, -0.2) is 40.4 Å². The molecule has 0 unspecified atom stereocenters. The molecule has 6 rings (SSSR count). The van der Waals surface area contributed by atoms with Crippen molar-refractivity contribution < 1.29 is 4.79 Å². The predicted molar refractivity (Wildman–Crippen MR) is 130 cm³/mol. The zero-order chi connectivity index (χ0) is 22.2. The highest BCUT2D eigenvalue weighted by atomic mass is 32.1. The summed E-state index contributed by atoms with van der Waals surface area (Å²) in [6, 6.07) is 16.8. The molecular formula is C25H24N6OS. The third-order valence-electron chi connectivity index (χ3n) is 6.27. The number of thiazole rings is 1. The van der Waals surface area contributed by atoms with Gasteiger partial charge in [0, 0.05) is 61.8 Å². The average Bonchev–Trinajstić information content (AvgIpc) is 3.61. The van der Waals surface area contributed by atoms with Gasteiger partial charge in [0.15, 0.2) is 5.13 Å². The summed E-state index contributed by atoms with van der Waals surface area (Å²) in [6.45, 7) is 3.21. The van der Waals surface area contributed by atoms with Crippen LogP contribution in [0.2, 0.25) is 0 Å². The highest BCUT2D eigenvalue weighted by Gasteiger charge is 2.24. The van der Waals surface area contributed by atoms with Gasteiger partial charge in [0.05, 0.1) is 5.69 Å². The van der Waals surface area contributed by atoms with Gasteiger partial charge >= 0.3 is 6.03 Å². The zero-order valence-corrected chi connectivity index (χ0v) is 19.0. The van der Waals surface area contributed by atoms with E-state index in [0.717, 1.165) is 49.0 Å². The molecule has 1 fully saturated rings. The maximum absolute atomic E-state index is 12.1. The quantitative estimate of drug-likeness (QED) is 0.493. The molecule has 0 bridgehead atoms. The molecule has 2 aromatic carbocycles. The summed E-state index contributed by atoms with van der Waals surface area (Å²) in [5, 5.41) is 8.23. The number of anilines is 2. The van der Waals surface area contributed by atoms with Crippen LogP contribution in [0.1, 0.15) is 21.6 Å². The predicted octanol–water partition coefficient (Wildman–Crippen LogP) is 4.01. The molecule has 2 aromatic heterocycles. The smallest absolute Gasteiger partial charge is 0.321 e. The van der Waals surface area contributed by atoms with E-state index in [1.807, 2.05) is 28.0 Å². The molecule has 4 aromatic rings. The van der Waals surface area contributed by atoms with Gasteiger partial charge in [-0.25, -0.2) is 14.5 Å². The number of carbonyl (C=O) groups excluding carboxylic acids is 1. The lowest BCUT2D eigenvalue weighted by atomic mass is 9.99. The number of hydrogen-bond donors (Lipinski definition) is 1. The van der Waals surface area contributed by atoms with Crippen LogP contribution in [-0.2, 0) is 19.4 Å². The standard InChI is InChI=1S/C25H24N6OS/c32-24-26-10-13-30(24)22-7-4-19-8-12-29(17-20(19)15-22)25-27-16-23(33-25)14-18-2-5-21(6-3-18)31-11-1-9-28-31/h1-7,9,11,15-16H,8,10,12-14,17H2,(H,26,32). The lowest BCUT2D eigenvalue weighted by Crippen LogP contribution is -2.31. The highest BCUT2D eigenvalue weighted by Crippen LogP contribution is 2.31. The van der Waals surface area contributed by atoms with E-state index in [9.17, 15) is 4.79 Å². The van der Waals surface area contributed by atoms with Crippen molar-refractivity contribution in [3.63, 3.8) is 0 Å². The summed E-state index contributed by atoms with van der Waals surface area (Å²) in [4.78, 5) is 22.2. The number of nitrogens with one attached hydrogen (secondary N) is 1. The van der Waals surface area contributed by atoms with Crippen LogP contribution < -0.4 is 15.1 Å². The summed E-state index contributed by atoms with van der Waals surface area (Å²) in [5.41, 5.74) is 5.95. The number of aromatic nitrogens is 3. The van der Waals surface area contributed by atoms with Crippen molar-refractivity contribution in [2.24, 2.45) is 0 Å². The number of benzene rings is 2. The number of urea groups is 1. The van der Waals surface area contributed by atoms with Crippen molar-refractivity contribution in [2.45, 2.75) is 19.4 Å². The second-order valence-corrected chi connectivity index (χ2v) is 9.50. The van der Waals surface area contributed by atoms with E-state index < -0.39 is 0 Å². The summed E-state index contributed by atoms with van der Waals surface area (Å²) in [5.74, 6) is 0. The average molecular weight is 457 g/mol. The molecule has 2 aliphatic heterocycles. The van der Waals surface area contributed by atoms with E-state index in [-0.39, 0.29) is 6.03 Å². The molecule has 0 radical (unpaired) electrons. The summed E-state index contributed by atoms with van der Waals surface area (Å²) in [7, 11) is 0. The summed E-state index contributed by atoms with van der Waals surface area (Å²) < 4.78 is 1.87. The first-order valence-electron chi connectivity index (χ1n) is 11.2. The first-order valence-corrected chi connectivity index (χ1v) is 12.0. The SMILES string of the molecule is O=C1NCCN1c1ccc2c(c1)CN(c1ncc(Cc3ccc(-n4cccn4)cc3)s1)CC2. The van der Waals surface area contributed by atoms with Crippen LogP contribution in [0.25, 0.3) is 5.69 Å². The zero-order valence-electron chi connectivity index (χ0n) is 18.1. The van der Waals surface area contributed by atoms with E-state index in [1.54, 1.807) is 17.5 Å². The first kappa shape index (κ1) is 20.0. The largest absolute Gasteiger partial charge is 0.343 e. The first-order chi connectivity index (χ1) is 16.2. The molecule has 166 valence electrons. The number of hydrogen-bond acceptors (Lipinski definition) is 5. The number of amides is 2. The van der Waals surface area contributed by atoms with Crippen molar-refractivity contribution in [3.05, 3.63) is 88.7 Å². The Balaban J connectivity index is 1.15. The number of rotatable bonds is 5. The van der Waals surface area contributed by atoms with E-state index in [4.69, 9.17) is 4.98 Å². The number of carbonyl (C=O) groups is 1. The Labute approximate surface area is 196 Å². The molecule has 4 heterocycles. The van der Waals surface area contributed by atoms with E-state index in [2.05, 4.69) is 57.8 Å². The van der Waals surface area contributed by atoms with Crippen LogP contribution in [0.5, 0.6) is 0 Å². The van der Waals surface area contributed by atoms with Crippen molar-refractivity contribution in [1.82, 2.24) is 20.1 Å². The van der Waals surface area contributed by atoms with Crippen LogP contribution in [0.15, 0.2) is 67.1 Å². The lowest BCUT2D eigenvalue weighted by Gasteiger charge is -2.29. The molecule has 2 aliphatic rings. The number of nitrogens with zero attached hydrogens (tertiary/aromatic N) is 5. The highest BCUT2D eigenvalue weighted by molar-refractivity contribution is 7.15.